The summed E-state index contributed by atoms with van der Waals surface area (Å²) in [5.41, 5.74) is 2.25. The molecule has 0 unspecified atom stereocenters. The molecule has 0 aliphatic carbocycles. The van der Waals surface area contributed by atoms with Crippen molar-refractivity contribution in [1.82, 2.24) is 0 Å². The Balaban J connectivity index is 2.11. The zero-order chi connectivity index (χ0) is 26.2. The van der Waals surface area contributed by atoms with Crippen LogP contribution >= 0.6 is 0 Å². The van der Waals surface area contributed by atoms with Crippen LogP contribution in [0.3, 0.4) is 0 Å². The number of aryl methyl sites for hydroxylation is 2. The first-order valence-electron chi connectivity index (χ1n) is 12.8. The smallest absolute Gasteiger partial charge is 0.344 e. The summed E-state index contributed by atoms with van der Waals surface area (Å²) in [6.45, 7) is 12.5. The van der Waals surface area contributed by atoms with Crippen molar-refractivity contribution in [3.8, 4) is 11.5 Å². The summed E-state index contributed by atoms with van der Waals surface area (Å²) in [6.07, 6.45) is 1.62. The lowest BCUT2D eigenvalue weighted by atomic mass is 9.93. The molecule has 0 amide bonds. The monoisotopic (exact) mass is 494 g/mol. The van der Waals surface area contributed by atoms with E-state index in [1.54, 1.807) is 0 Å². The second-order valence-corrected chi connectivity index (χ2v) is 9.82. The third-order valence-electron chi connectivity index (χ3n) is 5.78. The van der Waals surface area contributed by atoms with E-state index in [2.05, 4.69) is 26.0 Å². The topological polar surface area (TPSA) is 71.1 Å². The Labute approximate surface area is 213 Å². The lowest BCUT2D eigenvalue weighted by Crippen LogP contribution is -2.18. The molecule has 0 heterocycles. The molecule has 3 rings (SSSR count). The van der Waals surface area contributed by atoms with Crippen LogP contribution in [0.1, 0.15) is 52.7 Å². The molecule has 194 valence electrons. The first kappa shape index (κ1) is 27.3. The van der Waals surface area contributed by atoms with Gasteiger partial charge in [0.15, 0.2) is 13.2 Å². The van der Waals surface area contributed by atoms with Gasteiger partial charge in [-0.05, 0) is 41.9 Å². The number of rotatable bonds is 12. The second-order valence-electron chi connectivity index (χ2n) is 9.82. The highest BCUT2D eigenvalue weighted by atomic mass is 16.6. The number of fused-ring (bicyclic) bond motifs is 2. The van der Waals surface area contributed by atoms with Gasteiger partial charge in [-0.2, -0.15) is 0 Å². The Morgan fingerprint density at radius 2 is 1.25 bits per heavy atom. The van der Waals surface area contributed by atoms with Gasteiger partial charge in [0, 0.05) is 21.5 Å². The van der Waals surface area contributed by atoms with E-state index in [-0.39, 0.29) is 25.0 Å². The van der Waals surface area contributed by atoms with Crippen LogP contribution in [0, 0.1) is 11.8 Å². The van der Waals surface area contributed by atoms with Crippen molar-refractivity contribution >= 4 is 33.5 Å². The highest BCUT2D eigenvalue weighted by Crippen LogP contribution is 2.45. The van der Waals surface area contributed by atoms with Gasteiger partial charge in [0.05, 0.1) is 13.2 Å². The van der Waals surface area contributed by atoms with Crippen LogP contribution in [0.2, 0.25) is 0 Å². The van der Waals surface area contributed by atoms with Crippen LogP contribution in [0.5, 0.6) is 11.5 Å². The zero-order valence-electron chi connectivity index (χ0n) is 22.3. The summed E-state index contributed by atoms with van der Waals surface area (Å²) in [7, 11) is 0. The van der Waals surface area contributed by atoms with Gasteiger partial charge in [-0.15, -0.1) is 0 Å². The molecule has 0 saturated heterocycles. The molecule has 0 N–H and O–H groups in total. The lowest BCUT2D eigenvalue weighted by Gasteiger charge is -2.20. The Kier molecular flexibility index (Phi) is 9.57. The largest absolute Gasteiger partial charge is 0.481 e. The minimum atomic E-state index is -0.406. The van der Waals surface area contributed by atoms with Crippen LogP contribution < -0.4 is 9.47 Å². The van der Waals surface area contributed by atoms with Crippen molar-refractivity contribution in [3.05, 3.63) is 47.5 Å². The molecule has 0 radical (unpaired) electrons. The first-order valence-corrected chi connectivity index (χ1v) is 12.8. The van der Waals surface area contributed by atoms with E-state index < -0.39 is 11.9 Å². The number of esters is 2. The quantitative estimate of drug-likeness (QED) is 0.218. The third-order valence-corrected chi connectivity index (χ3v) is 5.78. The van der Waals surface area contributed by atoms with Crippen LogP contribution in [0.25, 0.3) is 21.5 Å². The fraction of sp³-hybridized carbons (Fsp3) is 0.467. The van der Waals surface area contributed by atoms with Gasteiger partial charge < -0.3 is 18.9 Å². The lowest BCUT2D eigenvalue weighted by molar-refractivity contribution is -0.147. The molecule has 0 atom stereocenters. The van der Waals surface area contributed by atoms with E-state index in [4.69, 9.17) is 18.9 Å². The van der Waals surface area contributed by atoms with E-state index in [9.17, 15) is 9.59 Å². The first-order chi connectivity index (χ1) is 17.2. The van der Waals surface area contributed by atoms with Crippen molar-refractivity contribution in [2.75, 3.05) is 26.4 Å². The van der Waals surface area contributed by atoms with Crippen molar-refractivity contribution in [2.45, 2.75) is 54.4 Å². The molecule has 6 heteroatoms. The van der Waals surface area contributed by atoms with E-state index in [0.717, 1.165) is 45.5 Å². The fourth-order valence-corrected chi connectivity index (χ4v) is 4.03. The molecule has 6 nitrogen and oxygen atoms in total. The van der Waals surface area contributed by atoms with Crippen LogP contribution in [0.15, 0.2) is 36.4 Å². The number of ether oxygens (including phenoxy) is 4. The molecule has 0 fully saturated rings. The summed E-state index contributed by atoms with van der Waals surface area (Å²) in [4.78, 5) is 24.7. The van der Waals surface area contributed by atoms with E-state index in [0.29, 0.717) is 24.7 Å². The van der Waals surface area contributed by atoms with Crippen molar-refractivity contribution < 1.29 is 28.5 Å². The molecule has 0 aliphatic heterocycles. The van der Waals surface area contributed by atoms with Crippen molar-refractivity contribution in [2.24, 2.45) is 11.8 Å². The number of hydrogen-bond donors (Lipinski definition) is 0. The molecule has 0 bridgehead atoms. The summed E-state index contributed by atoms with van der Waals surface area (Å²) in [5.74, 6) is 0.920. The van der Waals surface area contributed by atoms with Gasteiger partial charge >= 0.3 is 11.9 Å². The predicted octanol–water partition coefficient (Wildman–Crippen LogP) is 6.27. The molecule has 0 saturated carbocycles. The molecular formula is C30H38O6. The average Bonchev–Trinajstić information content (AvgIpc) is 2.87. The average molecular weight is 495 g/mol. The summed E-state index contributed by atoms with van der Waals surface area (Å²) >= 11 is 0. The highest BCUT2D eigenvalue weighted by Gasteiger charge is 2.21. The zero-order valence-corrected chi connectivity index (χ0v) is 22.3. The second kappa shape index (κ2) is 12.6. The van der Waals surface area contributed by atoms with Gasteiger partial charge in [-0.3, -0.25) is 0 Å². The minimum Gasteiger partial charge on any atom is -0.481 e. The van der Waals surface area contributed by atoms with Gasteiger partial charge in [-0.1, -0.05) is 71.9 Å². The Morgan fingerprint density at radius 1 is 0.722 bits per heavy atom. The van der Waals surface area contributed by atoms with Gasteiger partial charge in [0.1, 0.15) is 11.5 Å². The molecule has 0 spiro atoms. The Morgan fingerprint density at radius 3 is 1.75 bits per heavy atom. The number of carbonyl (C=O) groups excluding carboxylic acids is 2. The molecular weight excluding hydrogens is 456 g/mol. The summed E-state index contributed by atoms with van der Waals surface area (Å²) in [5, 5.41) is 3.36. The van der Waals surface area contributed by atoms with Crippen LogP contribution in [0.4, 0.5) is 0 Å². The maximum absolute atomic E-state index is 12.4. The standard InChI is InChI=1S/C30H38O6/c1-7-21-13-22(8-2)28-25(14-21)29(35-17-26(31)33-15-19(3)4)23-11-9-10-12-24(23)30(28)36-18-27(32)34-16-20(5)6/h9-14,19-20H,7-8,15-18H2,1-6H3. The molecule has 36 heavy (non-hydrogen) atoms. The number of hydrogen-bond acceptors (Lipinski definition) is 6. The van der Waals surface area contributed by atoms with Crippen molar-refractivity contribution in [1.29, 1.82) is 0 Å². The van der Waals surface area contributed by atoms with E-state index in [1.807, 2.05) is 52.0 Å². The van der Waals surface area contributed by atoms with Gasteiger partial charge in [0.2, 0.25) is 0 Å². The molecule has 0 aliphatic rings. The van der Waals surface area contributed by atoms with Crippen molar-refractivity contribution in [3.63, 3.8) is 0 Å². The van der Waals surface area contributed by atoms with E-state index in [1.165, 1.54) is 0 Å². The van der Waals surface area contributed by atoms with Gasteiger partial charge in [0.25, 0.3) is 0 Å². The molecule has 0 aromatic heterocycles. The van der Waals surface area contributed by atoms with Crippen LogP contribution in [-0.4, -0.2) is 38.4 Å². The SMILES string of the molecule is CCc1cc(CC)c2c(OCC(=O)OCC(C)C)c3ccccc3c(OCC(=O)OCC(C)C)c2c1. The normalized spacial score (nSPS) is 11.3. The third kappa shape index (κ3) is 6.68. The molecule has 3 aromatic rings. The summed E-state index contributed by atoms with van der Waals surface area (Å²) in [6, 6.07) is 12.0. The minimum absolute atomic E-state index is 0.188. The Bertz CT molecular complexity index is 1210. The Hall–Kier alpha value is -3.28. The van der Waals surface area contributed by atoms with E-state index >= 15 is 0 Å². The number of carbonyl (C=O) groups is 2. The maximum Gasteiger partial charge on any atom is 0.344 e. The maximum atomic E-state index is 12.4. The number of benzene rings is 3. The molecule has 3 aromatic carbocycles. The summed E-state index contributed by atoms with van der Waals surface area (Å²) < 4.78 is 23.0. The van der Waals surface area contributed by atoms with Crippen LogP contribution in [-0.2, 0) is 31.9 Å². The van der Waals surface area contributed by atoms with Gasteiger partial charge in [-0.25, -0.2) is 9.59 Å². The predicted molar refractivity (Wildman–Crippen MR) is 143 cm³/mol. The fourth-order valence-electron chi connectivity index (χ4n) is 4.03. The highest BCUT2D eigenvalue weighted by molar-refractivity contribution is 6.12.